The molecule has 0 radical (unpaired) electrons. The maximum atomic E-state index is 5.58. The number of hydrogen-bond donors (Lipinski definition) is 2. The van der Waals surface area contributed by atoms with Gasteiger partial charge in [-0.05, 0) is 24.1 Å². The van der Waals surface area contributed by atoms with Crippen molar-refractivity contribution in [3.8, 4) is 0 Å². The molecule has 1 fully saturated rings. The van der Waals surface area contributed by atoms with Crippen LogP contribution in [0, 0.1) is 0 Å². The predicted molar refractivity (Wildman–Crippen MR) is 54.3 cm³/mol. The topological polar surface area (TPSA) is 41.3 Å². The number of nitrogens with zero attached hydrogens (tertiary/aromatic N) is 1. The molecule has 13 heavy (non-hydrogen) atoms. The molecule has 0 aromatic heterocycles. The summed E-state index contributed by atoms with van der Waals surface area (Å²) in [5.74, 6) is 0. The summed E-state index contributed by atoms with van der Waals surface area (Å²) in [5.41, 5.74) is 11.3. The fraction of sp³-hybridized carbons (Fsp3) is 0.400. The summed E-state index contributed by atoms with van der Waals surface area (Å²) in [6.45, 7) is 2.78. The smallest absolute Gasteiger partial charge is 0.0522 e. The second-order valence-electron chi connectivity index (χ2n) is 3.29. The first-order valence-electron chi connectivity index (χ1n) is 4.70. The van der Waals surface area contributed by atoms with Gasteiger partial charge < -0.3 is 10.7 Å². The van der Waals surface area contributed by atoms with Crippen LogP contribution >= 0.6 is 0 Å². The summed E-state index contributed by atoms with van der Waals surface area (Å²) in [4.78, 5) is 0. The minimum Gasteiger partial charge on any atom is -0.326 e. The monoisotopic (exact) mass is 177 g/mol. The number of hydrazine groups is 1. The van der Waals surface area contributed by atoms with Crippen LogP contribution in [0.15, 0.2) is 24.3 Å². The van der Waals surface area contributed by atoms with E-state index in [0.717, 1.165) is 13.1 Å². The van der Waals surface area contributed by atoms with Crippen LogP contribution in [0.1, 0.15) is 12.0 Å². The number of rotatable bonds is 2. The lowest BCUT2D eigenvalue weighted by Gasteiger charge is -2.18. The molecule has 3 N–H and O–H groups in total. The van der Waals surface area contributed by atoms with Crippen molar-refractivity contribution < 1.29 is 0 Å². The van der Waals surface area contributed by atoms with E-state index >= 15 is 0 Å². The molecule has 1 aromatic carbocycles. The molecule has 1 aliphatic rings. The molecule has 1 aromatic rings. The normalized spacial score (nSPS) is 16.5. The zero-order valence-corrected chi connectivity index (χ0v) is 7.66. The molecule has 0 saturated carbocycles. The van der Waals surface area contributed by atoms with Crippen LogP contribution in [0.4, 0.5) is 5.69 Å². The SMILES string of the molecule is NCc1cccc(N2CCCN2)c1. The quantitative estimate of drug-likeness (QED) is 0.704. The zero-order valence-electron chi connectivity index (χ0n) is 7.66. The summed E-state index contributed by atoms with van der Waals surface area (Å²) in [6.07, 6.45) is 1.22. The molecule has 0 spiro atoms. The van der Waals surface area contributed by atoms with Gasteiger partial charge >= 0.3 is 0 Å². The number of anilines is 1. The molecule has 0 amide bonds. The lowest BCUT2D eigenvalue weighted by Crippen LogP contribution is -2.30. The Bertz CT molecular complexity index is 279. The van der Waals surface area contributed by atoms with Crippen molar-refractivity contribution in [1.82, 2.24) is 5.43 Å². The van der Waals surface area contributed by atoms with Crippen LogP contribution in [0.2, 0.25) is 0 Å². The Morgan fingerprint density at radius 3 is 3.08 bits per heavy atom. The molecule has 0 bridgehead atoms. The summed E-state index contributed by atoms with van der Waals surface area (Å²) in [5, 5.41) is 2.18. The second kappa shape index (κ2) is 3.77. The van der Waals surface area contributed by atoms with Crippen LogP contribution in [0.3, 0.4) is 0 Å². The molecule has 0 aliphatic carbocycles. The van der Waals surface area contributed by atoms with E-state index in [-0.39, 0.29) is 0 Å². The van der Waals surface area contributed by atoms with Crippen molar-refractivity contribution in [2.45, 2.75) is 13.0 Å². The lowest BCUT2D eigenvalue weighted by molar-refractivity contribution is 0.786. The number of hydrogen-bond acceptors (Lipinski definition) is 3. The van der Waals surface area contributed by atoms with Crippen molar-refractivity contribution in [2.24, 2.45) is 5.73 Å². The Hall–Kier alpha value is -1.06. The number of nitrogens with two attached hydrogens (primary N) is 1. The van der Waals surface area contributed by atoms with Crippen LogP contribution < -0.4 is 16.2 Å². The molecular weight excluding hydrogens is 162 g/mol. The van der Waals surface area contributed by atoms with Crippen LogP contribution in [-0.4, -0.2) is 13.1 Å². The van der Waals surface area contributed by atoms with E-state index in [1.54, 1.807) is 0 Å². The van der Waals surface area contributed by atoms with Crippen molar-refractivity contribution in [1.29, 1.82) is 0 Å². The van der Waals surface area contributed by atoms with Gasteiger partial charge in [0.15, 0.2) is 0 Å². The van der Waals surface area contributed by atoms with Crippen molar-refractivity contribution in [3.05, 3.63) is 29.8 Å². The first-order valence-corrected chi connectivity index (χ1v) is 4.70. The minimum atomic E-state index is 0.613. The predicted octanol–water partition coefficient (Wildman–Crippen LogP) is 0.860. The maximum absolute atomic E-state index is 5.58. The fourth-order valence-electron chi connectivity index (χ4n) is 1.60. The average Bonchev–Trinajstić information content (AvgIpc) is 2.71. The highest BCUT2D eigenvalue weighted by atomic mass is 15.5. The van der Waals surface area contributed by atoms with E-state index in [1.807, 2.05) is 0 Å². The van der Waals surface area contributed by atoms with Gasteiger partial charge in [0.25, 0.3) is 0 Å². The summed E-state index contributed by atoms with van der Waals surface area (Å²) >= 11 is 0. The average molecular weight is 177 g/mol. The molecule has 0 atom stereocenters. The van der Waals surface area contributed by atoms with Gasteiger partial charge in [-0.3, -0.25) is 0 Å². The zero-order chi connectivity index (χ0) is 9.10. The molecule has 0 unspecified atom stereocenters. The minimum absolute atomic E-state index is 0.613. The van der Waals surface area contributed by atoms with E-state index < -0.39 is 0 Å². The van der Waals surface area contributed by atoms with Gasteiger partial charge in [0.2, 0.25) is 0 Å². The highest BCUT2D eigenvalue weighted by Gasteiger charge is 2.10. The molecule has 70 valence electrons. The summed E-state index contributed by atoms with van der Waals surface area (Å²) in [6, 6.07) is 8.35. The van der Waals surface area contributed by atoms with Gasteiger partial charge in [-0.1, -0.05) is 12.1 Å². The van der Waals surface area contributed by atoms with Crippen molar-refractivity contribution in [3.63, 3.8) is 0 Å². The van der Waals surface area contributed by atoms with Crippen LogP contribution in [-0.2, 0) is 6.54 Å². The van der Waals surface area contributed by atoms with Gasteiger partial charge in [0, 0.05) is 19.6 Å². The molecule has 3 nitrogen and oxygen atoms in total. The molecule has 1 saturated heterocycles. The highest BCUT2D eigenvalue weighted by molar-refractivity contribution is 5.48. The van der Waals surface area contributed by atoms with E-state index in [0.29, 0.717) is 6.54 Å². The molecule has 1 heterocycles. The van der Waals surface area contributed by atoms with E-state index in [9.17, 15) is 0 Å². The fourth-order valence-corrected chi connectivity index (χ4v) is 1.60. The molecule has 1 aliphatic heterocycles. The molecule has 3 heteroatoms. The Kier molecular flexibility index (Phi) is 2.47. The second-order valence-corrected chi connectivity index (χ2v) is 3.29. The van der Waals surface area contributed by atoms with Gasteiger partial charge in [-0.15, -0.1) is 0 Å². The highest BCUT2D eigenvalue weighted by Crippen LogP contribution is 2.16. The van der Waals surface area contributed by atoms with Crippen LogP contribution in [0.25, 0.3) is 0 Å². The standard InChI is InChI=1S/C10H15N3/c11-8-9-3-1-4-10(7-9)13-6-2-5-12-13/h1,3-4,7,12H,2,5-6,8,11H2. The lowest BCUT2D eigenvalue weighted by atomic mass is 10.2. The molecular formula is C10H15N3. The van der Waals surface area contributed by atoms with E-state index in [2.05, 4.69) is 34.7 Å². The first kappa shape index (κ1) is 8.53. The number of benzene rings is 1. The van der Waals surface area contributed by atoms with Gasteiger partial charge in [0.1, 0.15) is 0 Å². The largest absolute Gasteiger partial charge is 0.326 e. The van der Waals surface area contributed by atoms with Gasteiger partial charge in [-0.25, -0.2) is 5.43 Å². The third-order valence-corrected chi connectivity index (χ3v) is 2.32. The van der Waals surface area contributed by atoms with Crippen LogP contribution in [0.5, 0.6) is 0 Å². The molecule has 2 rings (SSSR count). The first-order chi connectivity index (χ1) is 6.40. The maximum Gasteiger partial charge on any atom is 0.0522 e. The number of nitrogens with one attached hydrogen (secondary N) is 1. The van der Waals surface area contributed by atoms with E-state index in [1.165, 1.54) is 17.7 Å². The van der Waals surface area contributed by atoms with Crippen molar-refractivity contribution in [2.75, 3.05) is 18.1 Å². The Labute approximate surface area is 78.5 Å². The Morgan fingerprint density at radius 2 is 2.38 bits per heavy atom. The third kappa shape index (κ3) is 1.82. The van der Waals surface area contributed by atoms with Gasteiger partial charge in [0.05, 0.1) is 5.69 Å². The van der Waals surface area contributed by atoms with Gasteiger partial charge in [-0.2, -0.15) is 0 Å². The summed E-state index contributed by atoms with van der Waals surface area (Å²) < 4.78 is 0. The Morgan fingerprint density at radius 1 is 1.46 bits per heavy atom. The van der Waals surface area contributed by atoms with Crippen molar-refractivity contribution >= 4 is 5.69 Å². The Balaban J connectivity index is 2.18. The summed E-state index contributed by atoms with van der Waals surface area (Å²) in [7, 11) is 0. The van der Waals surface area contributed by atoms with E-state index in [4.69, 9.17) is 5.73 Å². The third-order valence-electron chi connectivity index (χ3n) is 2.32.